The van der Waals surface area contributed by atoms with Crippen molar-refractivity contribution in [3.63, 3.8) is 0 Å². The molecule has 0 bridgehead atoms. The van der Waals surface area contributed by atoms with Crippen LogP contribution in [0.2, 0.25) is 0 Å². The standard InChI is InChI=1S/C13H16N2/c1-3-12-10(2)14-13(15-12)9-11-7-5-4-6-8-11/h4-8H,3,9H2,1-2H3,(H,14,15). The van der Waals surface area contributed by atoms with E-state index in [9.17, 15) is 0 Å². The molecule has 0 aliphatic carbocycles. The zero-order chi connectivity index (χ0) is 10.7. The Labute approximate surface area is 90.4 Å². The van der Waals surface area contributed by atoms with Crippen LogP contribution < -0.4 is 0 Å². The van der Waals surface area contributed by atoms with Crippen molar-refractivity contribution in [2.24, 2.45) is 0 Å². The van der Waals surface area contributed by atoms with Crippen molar-refractivity contribution < 1.29 is 0 Å². The maximum atomic E-state index is 4.57. The monoisotopic (exact) mass is 200 g/mol. The van der Waals surface area contributed by atoms with Gasteiger partial charge in [0.1, 0.15) is 5.82 Å². The molecule has 2 heteroatoms. The number of aromatic nitrogens is 2. The zero-order valence-corrected chi connectivity index (χ0v) is 9.25. The summed E-state index contributed by atoms with van der Waals surface area (Å²) in [5, 5.41) is 0. The summed E-state index contributed by atoms with van der Waals surface area (Å²) in [6.45, 7) is 4.22. The lowest BCUT2D eigenvalue weighted by molar-refractivity contribution is 0.988. The van der Waals surface area contributed by atoms with Crippen LogP contribution in [0.4, 0.5) is 0 Å². The highest BCUT2D eigenvalue weighted by molar-refractivity contribution is 5.21. The minimum absolute atomic E-state index is 0.891. The normalized spacial score (nSPS) is 10.5. The highest BCUT2D eigenvalue weighted by Gasteiger charge is 2.04. The largest absolute Gasteiger partial charge is 0.346 e. The van der Waals surface area contributed by atoms with E-state index in [-0.39, 0.29) is 0 Å². The molecule has 2 nitrogen and oxygen atoms in total. The van der Waals surface area contributed by atoms with Crippen molar-refractivity contribution in [2.75, 3.05) is 0 Å². The second-order valence-electron chi connectivity index (χ2n) is 3.77. The van der Waals surface area contributed by atoms with Crippen molar-refractivity contribution in [1.82, 2.24) is 9.97 Å². The summed E-state index contributed by atoms with van der Waals surface area (Å²) in [5.74, 6) is 1.07. The van der Waals surface area contributed by atoms with E-state index in [1.807, 2.05) is 6.07 Å². The fourth-order valence-electron chi connectivity index (χ4n) is 1.78. The smallest absolute Gasteiger partial charge is 0.110 e. The van der Waals surface area contributed by atoms with Crippen molar-refractivity contribution in [1.29, 1.82) is 0 Å². The number of benzene rings is 1. The van der Waals surface area contributed by atoms with E-state index in [1.54, 1.807) is 0 Å². The minimum atomic E-state index is 0.891. The van der Waals surface area contributed by atoms with Crippen LogP contribution in [0.15, 0.2) is 30.3 Å². The van der Waals surface area contributed by atoms with E-state index >= 15 is 0 Å². The number of nitrogens with one attached hydrogen (secondary N) is 1. The van der Waals surface area contributed by atoms with E-state index in [1.165, 1.54) is 17.0 Å². The first-order valence-electron chi connectivity index (χ1n) is 5.38. The van der Waals surface area contributed by atoms with Gasteiger partial charge in [0.25, 0.3) is 0 Å². The predicted octanol–water partition coefficient (Wildman–Crippen LogP) is 2.87. The molecule has 15 heavy (non-hydrogen) atoms. The Balaban J connectivity index is 2.18. The number of hydrogen-bond donors (Lipinski definition) is 1. The highest BCUT2D eigenvalue weighted by atomic mass is 14.9. The van der Waals surface area contributed by atoms with Crippen LogP contribution in [0, 0.1) is 6.92 Å². The van der Waals surface area contributed by atoms with Crippen LogP contribution in [-0.4, -0.2) is 9.97 Å². The maximum Gasteiger partial charge on any atom is 0.110 e. The van der Waals surface area contributed by atoms with E-state index in [2.05, 4.69) is 48.1 Å². The summed E-state index contributed by atoms with van der Waals surface area (Å²) < 4.78 is 0. The molecule has 2 aromatic rings. The quantitative estimate of drug-likeness (QED) is 0.810. The summed E-state index contributed by atoms with van der Waals surface area (Å²) in [4.78, 5) is 7.90. The summed E-state index contributed by atoms with van der Waals surface area (Å²) >= 11 is 0. The fourth-order valence-corrected chi connectivity index (χ4v) is 1.78. The van der Waals surface area contributed by atoms with Gasteiger partial charge in [-0.05, 0) is 18.9 Å². The van der Waals surface area contributed by atoms with E-state index < -0.39 is 0 Å². The molecular formula is C13H16N2. The third-order valence-corrected chi connectivity index (χ3v) is 2.58. The third-order valence-electron chi connectivity index (χ3n) is 2.58. The van der Waals surface area contributed by atoms with Crippen molar-refractivity contribution in [2.45, 2.75) is 26.7 Å². The van der Waals surface area contributed by atoms with Crippen molar-refractivity contribution in [3.8, 4) is 0 Å². The van der Waals surface area contributed by atoms with Crippen LogP contribution in [0.3, 0.4) is 0 Å². The molecule has 0 aliphatic heterocycles. The van der Waals surface area contributed by atoms with Crippen molar-refractivity contribution in [3.05, 3.63) is 53.1 Å². The zero-order valence-electron chi connectivity index (χ0n) is 9.25. The fraction of sp³-hybridized carbons (Fsp3) is 0.308. The van der Waals surface area contributed by atoms with Gasteiger partial charge in [0, 0.05) is 12.1 Å². The first-order chi connectivity index (χ1) is 7.29. The molecule has 0 atom stereocenters. The van der Waals surface area contributed by atoms with Gasteiger partial charge < -0.3 is 4.98 Å². The van der Waals surface area contributed by atoms with Crippen molar-refractivity contribution >= 4 is 0 Å². The molecule has 78 valence electrons. The lowest BCUT2D eigenvalue weighted by Crippen LogP contribution is -1.90. The molecule has 0 saturated carbocycles. The number of H-pyrrole nitrogens is 1. The summed E-state index contributed by atoms with van der Waals surface area (Å²) in [6, 6.07) is 10.4. The first kappa shape index (κ1) is 9.97. The maximum absolute atomic E-state index is 4.57. The van der Waals surface area contributed by atoms with Crippen LogP contribution in [0.25, 0.3) is 0 Å². The van der Waals surface area contributed by atoms with Crippen LogP contribution in [0.5, 0.6) is 0 Å². The van der Waals surface area contributed by atoms with E-state index in [0.29, 0.717) is 0 Å². The molecule has 0 saturated heterocycles. The van der Waals surface area contributed by atoms with Gasteiger partial charge in [-0.1, -0.05) is 37.3 Å². The molecule has 0 spiro atoms. The van der Waals surface area contributed by atoms with Crippen LogP contribution >= 0.6 is 0 Å². The Hall–Kier alpha value is -1.57. The number of rotatable bonds is 3. The molecule has 0 fully saturated rings. The molecule has 1 N–H and O–H groups in total. The SMILES string of the molecule is CCc1nc(Cc2ccccc2)[nH]c1C. The minimum Gasteiger partial charge on any atom is -0.346 e. The van der Waals surface area contributed by atoms with Gasteiger partial charge >= 0.3 is 0 Å². The molecule has 0 radical (unpaired) electrons. The first-order valence-corrected chi connectivity index (χ1v) is 5.38. The number of aryl methyl sites for hydroxylation is 2. The van der Waals surface area contributed by atoms with Gasteiger partial charge in [0.05, 0.1) is 5.69 Å². The van der Waals surface area contributed by atoms with Crippen LogP contribution in [-0.2, 0) is 12.8 Å². The average Bonchev–Trinajstić information content (AvgIpc) is 2.60. The van der Waals surface area contributed by atoms with Gasteiger partial charge in [-0.15, -0.1) is 0 Å². The number of imidazole rings is 1. The Morgan fingerprint density at radius 3 is 2.53 bits per heavy atom. The molecule has 1 aromatic carbocycles. The third kappa shape index (κ3) is 2.27. The summed E-state index contributed by atoms with van der Waals surface area (Å²) in [5.41, 5.74) is 3.68. The van der Waals surface area contributed by atoms with Gasteiger partial charge in [-0.25, -0.2) is 4.98 Å². The Bertz CT molecular complexity index is 429. The number of hydrogen-bond acceptors (Lipinski definition) is 1. The van der Waals surface area contributed by atoms with Gasteiger partial charge in [-0.3, -0.25) is 0 Å². The van der Waals surface area contributed by atoms with Gasteiger partial charge in [0.15, 0.2) is 0 Å². The Kier molecular flexibility index (Phi) is 2.86. The molecule has 1 heterocycles. The van der Waals surface area contributed by atoms with Gasteiger partial charge in [0.2, 0.25) is 0 Å². The average molecular weight is 200 g/mol. The number of aromatic amines is 1. The summed E-state index contributed by atoms with van der Waals surface area (Å²) in [6.07, 6.45) is 1.89. The lowest BCUT2D eigenvalue weighted by Gasteiger charge is -1.96. The second kappa shape index (κ2) is 4.30. The Morgan fingerprint density at radius 2 is 1.93 bits per heavy atom. The summed E-state index contributed by atoms with van der Waals surface area (Å²) in [7, 11) is 0. The topological polar surface area (TPSA) is 28.7 Å². The second-order valence-corrected chi connectivity index (χ2v) is 3.77. The molecule has 1 aromatic heterocycles. The van der Waals surface area contributed by atoms with Crippen LogP contribution in [0.1, 0.15) is 29.7 Å². The van der Waals surface area contributed by atoms with Gasteiger partial charge in [-0.2, -0.15) is 0 Å². The molecule has 0 unspecified atom stereocenters. The predicted molar refractivity (Wildman–Crippen MR) is 62.0 cm³/mol. The molecule has 0 aliphatic rings. The molecule has 2 rings (SSSR count). The van der Waals surface area contributed by atoms with E-state index in [4.69, 9.17) is 0 Å². The lowest BCUT2D eigenvalue weighted by atomic mass is 10.1. The molecular weight excluding hydrogens is 184 g/mol. The van der Waals surface area contributed by atoms with E-state index in [0.717, 1.165) is 18.7 Å². The highest BCUT2D eigenvalue weighted by Crippen LogP contribution is 2.10. The number of nitrogens with zero attached hydrogens (tertiary/aromatic N) is 1. The Morgan fingerprint density at radius 1 is 1.20 bits per heavy atom. The molecule has 0 amide bonds.